The number of carbonyl (C=O) groups excluding carboxylic acids is 1. The van der Waals surface area contributed by atoms with Crippen molar-refractivity contribution in [1.29, 1.82) is 0 Å². The number of carboxylic acid groups (broad SMARTS) is 1. The van der Waals surface area contributed by atoms with E-state index in [0.717, 1.165) is 10.9 Å². The molecule has 1 heterocycles. The van der Waals surface area contributed by atoms with Crippen LogP contribution in [0.4, 0.5) is 5.69 Å². The fraction of sp³-hybridized carbons (Fsp3) is 0.118. The van der Waals surface area contributed by atoms with Gasteiger partial charge in [0.05, 0.1) is 4.92 Å². The van der Waals surface area contributed by atoms with Gasteiger partial charge in [0.25, 0.3) is 5.69 Å². The molecule has 6 nitrogen and oxygen atoms in total. The molecule has 0 radical (unpaired) electrons. The summed E-state index contributed by atoms with van der Waals surface area (Å²) in [7, 11) is 0. The number of hydrogen-bond donors (Lipinski definition) is 1. The first-order valence-corrected chi connectivity index (χ1v) is 7.54. The molecule has 0 spiro atoms. The molecule has 2 aromatic carbocycles. The summed E-state index contributed by atoms with van der Waals surface area (Å²) >= 11 is 6.04. The van der Waals surface area contributed by atoms with Gasteiger partial charge in [-0.3, -0.25) is 10.1 Å². The molecule has 24 heavy (non-hydrogen) atoms. The summed E-state index contributed by atoms with van der Waals surface area (Å²) in [4.78, 5) is 24.8. The quantitative estimate of drug-likeness (QED) is 0.568. The van der Waals surface area contributed by atoms with E-state index < -0.39 is 16.8 Å². The molecule has 0 unspecified atom stereocenters. The third kappa shape index (κ3) is 3.09. The lowest BCUT2D eigenvalue weighted by atomic mass is 9.88. The minimum Gasteiger partial charge on any atom is -0.550 e. The van der Waals surface area contributed by atoms with E-state index in [-0.39, 0.29) is 12.1 Å². The Morgan fingerprint density at radius 2 is 2.04 bits per heavy atom. The van der Waals surface area contributed by atoms with Crippen LogP contribution in [0.25, 0.3) is 10.9 Å². The zero-order chi connectivity index (χ0) is 17.3. The van der Waals surface area contributed by atoms with Gasteiger partial charge in [-0.1, -0.05) is 23.7 Å². The van der Waals surface area contributed by atoms with Crippen LogP contribution in [0.15, 0.2) is 48.7 Å². The Balaban J connectivity index is 2.15. The summed E-state index contributed by atoms with van der Waals surface area (Å²) in [6.07, 6.45) is 1.41. The summed E-state index contributed by atoms with van der Waals surface area (Å²) < 4.78 is 0. The Hall–Kier alpha value is -2.86. The first kappa shape index (κ1) is 16.0. The molecule has 1 aromatic heterocycles. The Morgan fingerprint density at radius 1 is 1.25 bits per heavy atom. The number of fused-ring (bicyclic) bond motifs is 1. The number of nitrogens with zero attached hydrogens (tertiary/aromatic N) is 1. The first-order valence-electron chi connectivity index (χ1n) is 7.16. The number of rotatable bonds is 5. The number of H-pyrrole nitrogens is 1. The van der Waals surface area contributed by atoms with Crippen molar-refractivity contribution in [3.8, 4) is 0 Å². The highest BCUT2D eigenvalue weighted by molar-refractivity contribution is 6.31. The number of aliphatic carboxylic acids is 1. The Kier molecular flexibility index (Phi) is 4.22. The summed E-state index contributed by atoms with van der Waals surface area (Å²) in [5, 5.41) is 23.5. The van der Waals surface area contributed by atoms with E-state index in [9.17, 15) is 20.0 Å². The number of non-ortho nitro benzene ring substituents is 1. The summed E-state index contributed by atoms with van der Waals surface area (Å²) in [6.45, 7) is 0. The molecule has 122 valence electrons. The van der Waals surface area contributed by atoms with Gasteiger partial charge in [0, 0.05) is 46.1 Å². The molecular weight excluding hydrogens is 332 g/mol. The second-order valence-electron chi connectivity index (χ2n) is 5.41. The average Bonchev–Trinajstić information content (AvgIpc) is 2.95. The van der Waals surface area contributed by atoms with E-state index in [2.05, 4.69) is 4.98 Å². The van der Waals surface area contributed by atoms with Crippen molar-refractivity contribution < 1.29 is 14.8 Å². The molecule has 1 N–H and O–H groups in total. The van der Waals surface area contributed by atoms with Crippen LogP contribution in [-0.4, -0.2) is 15.9 Å². The molecule has 0 aliphatic heterocycles. The van der Waals surface area contributed by atoms with Crippen LogP contribution in [0.5, 0.6) is 0 Å². The predicted octanol–water partition coefficient (Wildman–Crippen LogP) is 3.00. The zero-order valence-electron chi connectivity index (χ0n) is 12.4. The number of carbonyl (C=O) groups is 1. The number of aromatic amines is 1. The zero-order valence-corrected chi connectivity index (χ0v) is 13.1. The monoisotopic (exact) mass is 343 g/mol. The topological polar surface area (TPSA) is 99.1 Å². The largest absolute Gasteiger partial charge is 0.550 e. The van der Waals surface area contributed by atoms with Crippen molar-refractivity contribution in [1.82, 2.24) is 4.98 Å². The third-order valence-corrected chi connectivity index (χ3v) is 4.14. The molecular formula is C17H12ClN2O4-. The van der Waals surface area contributed by atoms with Gasteiger partial charge in [0.2, 0.25) is 0 Å². The Labute approximate surface area is 141 Å². The van der Waals surface area contributed by atoms with Gasteiger partial charge in [-0.25, -0.2) is 0 Å². The Bertz CT molecular complexity index is 935. The second kappa shape index (κ2) is 6.33. The van der Waals surface area contributed by atoms with Crippen molar-refractivity contribution in [2.45, 2.75) is 12.3 Å². The molecule has 7 heteroatoms. The van der Waals surface area contributed by atoms with Gasteiger partial charge in [-0.2, -0.15) is 0 Å². The van der Waals surface area contributed by atoms with E-state index in [0.29, 0.717) is 16.1 Å². The molecule has 1 atom stereocenters. The van der Waals surface area contributed by atoms with Gasteiger partial charge in [-0.05, 0) is 35.7 Å². The fourth-order valence-corrected chi connectivity index (χ4v) is 3.00. The second-order valence-corrected chi connectivity index (χ2v) is 5.85. The maximum atomic E-state index is 11.2. The number of carboxylic acids is 1. The highest BCUT2D eigenvalue weighted by atomic mass is 35.5. The first-order chi connectivity index (χ1) is 11.5. The fourth-order valence-electron chi connectivity index (χ4n) is 2.83. The van der Waals surface area contributed by atoms with Crippen molar-refractivity contribution in [3.63, 3.8) is 0 Å². The molecule has 0 fully saturated rings. The van der Waals surface area contributed by atoms with E-state index in [1.54, 1.807) is 30.5 Å². The molecule has 3 rings (SSSR count). The van der Waals surface area contributed by atoms with Crippen LogP contribution in [0.1, 0.15) is 23.5 Å². The maximum Gasteiger partial charge on any atom is 0.269 e. The van der Waals surface area contributed by atoms with Gasteiger partial charge >= 0.3 is 0 Å². The highest BCUT2D eigenvalue weighted by Gasteiger charge is 2.20. The molecule has 3 aromatic rings. The number of nitrogens with one attached hydrogen (secondary N) is 1. The molecule has 0 saturated heterocycles. The SMILES string of the molecule is O=C([O-])C[C@H](c1cccc([N+](=O)[O-])c1)c1c[nH]c2ccc(Cl)cc12. The van der Waals surface area contributed by atoms with Crippen LogP contribution >= 0.6 is 11.6 Å². The number of nitro groups is 1. The van der Waals surface area contributed by atoms with Crippen LogP contribution in [0.2, 0.25) is 5.02 Å². The number of nitro benzene ring substituents is 1. The van der Waals surface area contributed by atoms with Crippen LogP contribution in [0.3, 0.4) is 0 Å². The third-order valence-electron chi connectivity index (χ3n) is 3.91. The minimum atomic E-state index is -1.23. The van der Waals surface area contributed by atoms with Crippen molar-refractivity contribution in [3.05, 3.63) is 74.9 Å². The maximum absolute atomic E-state index is 11.2. The van der Waals surface area contributed by atoms with Gasteiger partial charge in [0.1, 0.15) is 0 Å². The van der Waals surface area contributed by atoms with Gasteiger partial charge in [-0.15, -0.1) is 0 Å². The number of benzene rings is 2. The van der Waals surface area contributed by atoms with Gasteiger partial charge < -0.3 is 14.9 Å². The molecule has 0 amide bonds. The number of hydrogen-bond acceptors (Lipinski definition) is 4. The number of halogens is 1. The Morgan fingerprint density at radius 3 is 2.75 bits per heavy atom. The van der Waals surface area contributed by atoms with Gasteiger partial charge in [0.15, 0.2) is 0 Å². The average molecular weight is 344 g/mol. The summed E-state index contributed by atoms with van der Waals surface area (Å²) in [5.41, 5.74) is 1.96. The van der Waals surface area contributed by atoms with E-state index in [4.69, 9.17) is 11.6 Å². The molecule has 0 bridgehead atoms. The number of aromatic nitrogens is 1. The van der Waals surface area contributed by atoms with Crippen molar-refractivity contribution >= 4 is 34.2 Å². The van der Waals surface area contributed by atoms with E-state index in [1.807, 2.05) is 0 Å². The normalized spacial score (nSPS) is 12.2. The smallest absolute Gasteiger partial charge is 0.269 e. The van der Waals surface area contributed by atoms with Crippen LogP contribution < -0.4 is 5.11 Å². The highest BCUT2D eigenvalue weighted by Crippen LogP contribution is 2.35. The lowest BCUT2D eigenvalue weighted by Crippen LogP contribution is -2.24. The standard InChI is InChI=1S/C17H13ClN2O4/c18-11-4-5-16-14(7-11)15(9-19-16)13(8-17(21)22)10-2-1-3-12(6-10)20(23)24/h1-7,9,13,19H,8H2,(H,21,22)/p-1/t13-/m1/s1. The van der Waals surface area contributed by atoms with E-state index in [1.165, 1.54) is 18.2 Å². The summed E-state index contributed by atoms with van der Waals surface area (Å²) in [6, 6.07) is 11.2. The predicted molar refractivity (Wildman–Crippen MR) is 87.9 cm³/mol. The molecule has 0 saturated carbocycles. The summed E-state index contributed by atoms with van der Waals surface area (Å²) in [5.74, 6) is -1.81. The lowest BCUT2D eigenvalue weighted by Gasteiger charge is -2.18. The van der Waals surface area contributed by atoms with E-state index >= 15 is 0 Å². The lowest BCUT2D eigenvalue weighted by molar-refractivity contribution is -0.384. The minimum absolute atomic E-state index is 0.0891. The molecule has 0 aliphatic rings. The molecule has 0 aliphatic carbocycles. The van der Waals surface area contributed by atoms with Crippen LogP contribution in [-0.2, 0) is 4.79 Å². The van der Waals surface area contributed by atoms with Crippen LogP contribution in [0, 0.1) is 10.1 Å². The van der Waals surface area contributed by atoms with Crippen molar-refractivity contribution in [2.24, 2.45) is 0 Å². The van der Waals surface area contributed by atoms with Crippen molar-refractivity contribution in [2.75, 3.05) is 0 Å².